The van der Waals surface area contributed by atoms with Gasteiger partial charge in [0.1, 0.15) is 6.10 Å². The Morgan fingerprint density at radius 1 is 1.03 bits per heavy atom. The molecule has 0 saturated heterocycles. The molecule has 34 heavy (non-hydrogen) atoms. The summed E-state index contributed by atoms with van der Waals surface area (Å²) in [5.41, 5.74) is 2.19. The number of halogens is 3. The number of carbonyl (C=O) groups is 1. The molecule has 0 spiro atoms. The molecule has 8 unspecified atom stereocenters. The second-order valence-corrected chi connectivity index (χ2v) is 13.1. The van der Waals surface area contributed by atoms with Gasteiger partial charge in [-0.3, -0.25) is 0 Å². The number of hydrogen-bond donors (Lipinski definition) is 0. The van der Waals surface area contributed by atoms with Gasteiger partial charge in [0.25, 0.3) is 0 Å². The summed E-state index contributed by atoms with van der Waals surface area (Å²) in [5.74, 6) is 1.84. The molecule has 4 aliphatic carbocycles. The number of carbonyl (C=O) groups excluding carboxylic acids is 1. The minimum absolute atomic E-state index is 0.119. The highest BCUT2D eigenvalue weighted by Crippen LogP contribution is 2.67. The lowest BCUT2D eigenvalue weighted by Gasteiger charge is -2.58. The van der Waals surface area contributed by atoms with E-state index in [2.05, 4.69) is 40.7 Å². The number of allylic oxidation sites excluding steroid dienone is 2. The third-order valence-corrected chi connectivity index (χ3v) is 10.7. The Kier molecular flexibility index (Phi) is 7.26. The van der Waals surface area contributed by atoms with Gasteiger partial charge in [-0.2, -0.15) is 13.2 Å². The predicted octanol–water partition coefficient (Wildman–Crippen LogP) is 8.50. The van der Waals surface area contributed by atoms with Gasteiger partial charge >= 0.3 is 12.1 Å². The van der Waals surface area contributed by atoms with Crippen LogP contribution in [0, 0.1) is 46.3 Å². The van der Waals surface area contributed by atoms with Crippen molar-refractivity contribution in [3.8, 4) is 0 Å². The van der Waals surface area contributed by atoms with Crippen molar-refractivity contribution < 1.29 is 22.7 Å². The highest BCUT2D eigenvalue weighted by Gasteiger charge is 2.58. The van der Waals surface area contributed by atoms with Gasteiger partial charge < -0.3 is 4.74 Å². The number of hydrogen-bond acceptors (Lipinski definition) is 2. The van der Waals surface area contributed by atoms with Gasteiger partial charge in [0.15, 0.2) is 0 Å². The fourth-order valence-corrected chi connectivity index (χ4v) is 8.82. The molecule has 194 valence electrons. The minimum atomic E-state index is -4.90. The molecule has 0 N–H and O–H groups in total. The van der Waals surface area contributed by atoms with E-state index in [9.17, 15) is 18.0 Å². The van der Waals surface area contributed by atoms with E-state index in [-0.39, 0.29) is 5.41 Å². The number of fused-ring (bicyclic) bond motifs is 5. The molecule has 0 radical (unpaired) electrons. The second kappa shape index (κ2) is 9.47. The first kappa shape index (κ1) is 26.1. The molecule has 0 aromatic heterocycles. The van der Waals surface area contributed by atoms with Crippen LogP contribution >= 0.6 is 0 Å². The topological polar surface area (TPSA) is 26.3 Å². The van der Waals surface area contributed by atoms with Crippen molar-refractivity contribution in [3.05, 3.63) is 11.6 Å². The van der Waals surface area contributed by atoms with Gasteiger partial charge in [0, 0.05) is 0 Å². The van der Waals surface area contributed by atoms with E-state index in [0.29, 0.717) is 36.0 Å². The van der Waals surface area contributed by atoms with Crippen LogP contribution in [0.1, 0.15) is 105 Å². The van der Waals surface area contributed by atoms with E-state index in [1.54, 1.807) is 5.57 Å². The molecular weight excluding hydrogens is 437 g/mol. The first-order valence-corrected chi connectivity index (χ1v) is 13.8. The molecule has 4 aliphatic rings. The Balaban J connectivity index is 1.45. The van der Waals surface area contributed by atoms with E-state index in [0.717, 1.165) is 30.6 Å². The maximum atomic E-state index is 12.7. The first-order valence-electron chi connectivity index (χ1n) is 13.8. The summed E-state index contributed by atoms with van der Waals surface area (Å²) in [6.45, 7) is 12.1. The average molecular weight is 483 g/mol. The molecule has 0 bridgehead atoms. The molecule has 0 aromatic carbocycles. The van der Waals surface area contributed by atoms with Crippen molar-refractivity contribution in [1.29, 1.82) is 0 Å². The van der Waals surface area contributed by atoms with Crippen LogP contribution in [0.25, 0.3) is 0 Å². The van der Waals surface area contributed by atoms with Crippen molar-refractivity contribution in [2.24, 2.45) is 46.3 Å². The fraction of sp³-hybridized carbons (Fsp3) is 0.897. The molecule has 5 heteroatoms. The largest absolute Gasteiger partial charge is 0.490 e. The summed E-state index contributed by atoms with van der Waals surface area (Å²) in [7, 11) is 0. The van der Waals surface area contributed by atoms with Gasteiger partial charge in [0.05, 0.1) is 0 Å². The first-order chi connectivity index (χ1) is 15.9. The summed E-state index contributed by atoms with van der Waals surface area (Å²) in [6, 6.07) is 0. The van der Waals surface area contributed by atoms with Crippen LogP contribution in [0.5, 0.6) is 0 Å². The molecule has 0 heterocycles. The highest BCUT2D eigenvalue weighted by molar-refractivity contribution is 5.75. The molecule has 3 saturated carbocycles. The molecule has 8 atom stereocenters. The zero-order chi connectivity index (χ0) is 24.9. The third kappa shape index (κ3) is 4.71. The Morgan fingerprint density at radius 2 is 1.71 bits per heavy atom. The fourth-order valence-electron chi connectivity index (χ4n) is 8.82. The van der Waals surface area contributed by atoms with Crippen LogP contribution < -0.4 is 0 Å². The van der Waals surface area contributed by atoms with Crippen molar-refractivity contribution in [2.45, 2.75) is 118 Å². The Hall–Kier alpha value is -1.00. The number of rotatable bonds is 6. The zero-order valence-corrected chi connectivity index (χ0v) is 21.8. The summed E-state index contributed by atoms with van der Waals surface area (Å²) >= 11 is 0. The summed E-state index contributed by atoms with van der Waals surface area (Å²) in [4.78, 5) is 11.4. The van der Waals surface area contributed by atoms with Crippen molar-refractivity contribution >= 4 is 5.97 Å². The van der Waals surface area contributed by atoms with Crippen LogP contribution in [-0.2, 0) is 9.53 Å². The van der Waals surface area contributed by atoms with Crippen molar-refractivity contribution in [2.75, 3.05) is 0 Å². The van der Waals surface area contributed by atoms with Crippen LogP contribution in [0.4, 0.5) is 13.2 Å². The molecule has 3 fully saturated rings. The van der Waals surface area contributed by atoms with Crippen LogP contribution in [0.3, 0.4) is 0 Å². The summed E-state index contributed by atoms with van der Waals surface area (Å²) in [5, 5.41) is 0. The van der Waals surface area contributed by atoms with Gasteiger partial charge in [-0.05, 0) is 97.7 Å². The van der Waals surface area contributed by atoms with Gasteiger partial charge in [-0.15, -0.1) is 0 Å². The summed E-state index contributed by atoms with van der Waals surface area (Å²) < 4.78 is 43.0. The summed E-state index contributed by atoms with van der Waals surface area (Å²) in [6.07, 6.45) is 8.96. The number of esters is 1. The molecule has 0 aromatic rings. The normalized spacial score (nSPS) is 40.7. The maximum absolute atomic E-state index is 12.7. The second-order valence-electron chi connectivity index (χ2n) is 13.1. The highest BCUT2D eigenvalue weighted by atomic mass is 19.4. The van der Waals surface area contributed by atoms with E-state index in [1.807, 2.05) is 0 Å². The monoisotopic (exact) mass is 482 g/mol. The number of ether oxygens (including phenoxy) is 1. The standard InChI is InChI=1S/C29H45F3O2/c1-18(2)7-6-8-19(3)23-11-12-24-22-10-9-20-17-21(34-26(33)29(30,31)32)13-15-27(20,4)25(22)14-16-28(23,24)5/h10,18-21,23-25H,6-9,11-17H2,1-5H3. The minimum Gasteiger partial charge on any atom is -0.456 e. The van der Waals surface area contributed by atoms with Crippen LogP contribution in [0.2, 0.25) is 0 Å². The van der Waals surface area contributed by atoms with Crippen LogP contribution in [-0.4, -0.2) is 18.2 Å². The maximum Gasteiger partial charge on any atom is 0.490 e. The Morgan fingerprint density at radius 3 is 2.38 bits per heavy atom. The lowest BCUT2D eigenvalue weighted by molar-refractivity contribution is -0.208. The lowest BCUT2D eigenvalue weighted by atomic mass is 9.47. The molecule has 2 nitrogen and oxygen atoms in total. The molecule has 4 rings (SSSR count). The third-order valence-electron chi connectivity index (χ3n) is 10.7. The zero-order valence-electron chi connectivity index (χ0n) is 21.8. The van der Waals surface area contributed by atoms with Crippen molar-refractivity contribution in [1.82, 2.24) is 0 Å². The van der Waals surface area contributed by atoms with Crippen molar-refractivity contribution in [3.63, 3.8) is 0 Å². The molecule has 0 aliphatic heterocycles. The average Bonchev–Trinajstić information content (AvgIpc) is 3.10. The van der Waals surface area contributed by atoms with Gasteiger partial charge in [0.2, 0.25) is 0 Å². The predicted molar refractivity (Wildman–Crippen MR) is 129 cm³/mol. The van der Waals surface area contributed by atoms with Gasteiger partial charge in [-0.25, -0.2) is 4.79 Å². The van der Waals surface area contributed by atoms with E-state index in [4.69, 9.17) is 4.74 Å². The van der Waals surface area contributed by atoms with Crippen LogP contribution in [0.15, 0.2) is 11.6 Å². The quantitative estimate of drug-likeness (QED) is 0.280. The smallest absolute Gasteiger partial charge is 0.456 e. The SMILES string of the molecule is CC(C)CCCC(C)C1CCC2C3=CCC4CC(OC(=O)C(F)(F)F)CCC4(C)C3CCC21C. The Labute approximate surface area is 204 Å². The van der Waals surface area contributed by atoms with Gasteiger partial charge in [-0.1, -0.05) is 65.5 Å². The molecule has 0 amide bonds. The lowest BCUT2D eigenvalue weighted by Crippen LogP contribution is -2.50. The number of alkyl halides is 3. The van der Waals surface area contributed by atoms with E-state index >= 15 is 0 Å². The van der Waals surface area contributed by atoms with E-state index < -0.39 is 18.2 Å². The Bertz CT molecular complexity index is 787. The van der Waals surface area contributed by atoms with E-state index in [1.165, 1.54) is 44.9 Å². The molecular formula is C29H45F3O2.